The minimum atomic E-state index is -0.930. The van der Waals surface area contributed by atoms with Crippen molar-refractivity contribution in [3.05, 3.63) is 41.2 Å². The number of aromatic amines is 1. The zero-order chi connectivity index (χ0) is 10.7. The highest BCUT2D eigenvalue weighted by molar-refractivity contribution is 5.87. The predicted molar refractivity (Wildman–Crippen MR) is 50.4 cm³/mol. The van der Waals surface area contributed by atoms with Gasteiger partial charge < -0.3 is 5.11 Å². The number of H-pyrrole nitrogens is 1. The molecule has 1 aromatic carbocycles. The first kappa shape index (κ1) is 9.32. The summed E-state index contributed by atoms with van der Waals surface area (Å²) in [5, 5.41) is 22.1. The zero-order valence-corrected chi connectivity index (χ0v) is 7.71. The maximum Gasteiger partial charge on any atom is 0.335 e. The predicted octanol–water partition coefficient (Wildman–Crippen LogP) is 0.489. The van der Waals surface area contributed by atoms with Crippen molar-refractivity contribution in [3.63, 3.8) is 0 Å². The Labute approximate surface area is 84.9 Å². The standard InChI is InChI=1S/C9H8N4O2/c14-9(15)7-3-1-6(2-4-7)5-8-10-12-13-11-8/h1-4H,5H2,(H,14,15)(H,10,11,12,13). The summed E-state index contributed by atoms with van der Waals surface area (Å²) < 4.78 is 0. The fraction of sp³-hybridized carbons (Fsp3) is 0.111. The van der Waals surface area contributed by atoms with Gasteiger partial charge in [-0.2, -0.15) is 5.21 Å². The summed E-state index contributed by atoms with van der Waals surface area (Å²) >= 11 is 0. The van der Waals surface area contributed by atoms with Crippen molar-refractivity contribution in [1.82, 2.24) is 20.6 Å². The molecular weight excluding hydrogens is 196 g/mol. The van der Waals surface area contributed by atoms with Crippen molar-refractivity contribution in [2.24, 2.45) is 0 Å². The Bertz CT molecular complexity index is 449. The van der Waals surface area contributed by atoms with E-state index in [0.29, 0.717) is 12.2 Å². The molecule has 0 aliphatic rings. The highest BCUT2D eigenvalue weighted by Crippen LogP contribution is 2.07. The molecule has 0 fully saturated rings. The summed E-state index contributed by atoms with van der Waals surface area (Å²) in [6.07, 6.45) is 0.538. The van der Waals surface area contributed by atoms with Crippen LogP contribution in [0.5, 0.6) is 0 Å². The first-order valence-electron chi connectivity index (χ1n) is 4.30. The molecule has 6 heteroatoms. The molecule has 0 saturated carbocycles. The molecule has 76 valence electrons. The molecule has 1 aromatic heterocycles. The van der Waals surface area contributed by atoms with Gasteiger partial charge in [0.2, 0.25) is 0 Å². The van der Waals surface area contributed by atoms with E-state index in [4.69, 9.17) is 5.11 Å². The van der Waals surface area contributed by atoms with Crippen molar-refractivity contribution >= 4 is 5.97 Å². The van der Waals surface area contributed by atoms with Crippen LogP contribution in [0.1, 0.15) is 21.7 Å². The lowest BCUT2D eigenvalue weighted by Gasteiger charge is -1.97. The monoisotopic (exact) mass is 204 g/mol. The van der Waals surface area contributed by atoms with Crippen molar-refractivity contribution in [2.45, 2.75) is 6.42 Å². The van der Waals surface area contributed by atoms with E-state index < -0.39 is 5.97 Å². The van der Waals surface area contributed by atoms with E-state index in [9.17, 15) is 4.79 Å². The molecule has 0 amide bonds. The maximum atomic E-state index is 10.6. The van der Waals surface area contributed by atoms with Crippen LogP contribution < -0.4 is 0 Å². The lowest BCUT2D eigenvalue weighted by molar-refractivity contribution is 0.0697. The minimum Gasteiger partial charge on any atom is -0.478 e. The van der Waals surface area contributed by atoms with Gasteiger partial charge in [-0.15, -0.1) is 10.2 Å². The second kappa shape index (κ2) is 3.87. The molecule has 2 rings (SSSR count). The van der Waals surface area contributed by atoms with Crippen LogP contribution in [0, 0.1) is 0 Å². The average molecular weight is 204 g/mol. The first-order valence-corrected chi connectivity index (χ1v) is 4.30. The molecule has 2 aromatic rings. The summed E-state index contributed by atoms with van der Waals surface area (Å²) in [5.41, 5.74) is 1.22. The van der Waals surface area contributed by atoms with Crippen molar-refractivity contribution in [3.8, 4) is 0 Å². The van der Waals surface area contributed by atoms with Gasteiger partial charge in [0.15, 0.2) is 5.82 Å². The Kier molecular flexibility index (Phi) is 2.40. The summed E-state index contributed by atoms with van der Waals surface area (Å²) in [4.78, 5) is 10.6. The summed E-state index contributed by atoms with van der Waals surface area (Å²) in [6, 6.07) is 6.58. The molecular formula is C9H8N4O2. The molecule has 1 heterocycles. The largest absolute Gasteiger partial charge is 0.478 e. The molecule has 15 heavy (non-hydrogen) atoms. The van der Waals surface area contributed by atoms with Crippen LogP contribution in [0.15, 0.2) is 24.3 Å². The third-order valence-corrected chi connectivity index (χ3v) is 1.95. The lowest BCUT2D eigenvalue weighted by Crippen LogP contribution is -1.97. The summed E-state index contributed by atoms with van der Waals surface area (Å²) in [6.45, 7) is 0. The van der Waals surface area contributed by atoms with Crippen molar-refractivity contribution in [1.29, 1.82) is 0 Å². The van der Waals surface area contributed by atoms with E-state index in [-0.39, 0.29) is 5.56 Å². The highest BCUT2D eigenvalue weighted by Gasteiger charge is 2.03. The average Bonchev–Trinajstić information content (AvgIpc) is 2.71. The SMILES string of the molecule is O=C(O)c1ccc(Cc2nn[nH]n2)cc1. The van der Waals surface area contributed by atoms with E-state index in [1.54, 1.807) is 24.3 Å². The fourth-order valence-electron chi connectivity index (χ4n) is 1.21. The first-order chi connectivity index (χ1) is 7.25. The highest BCUT2D eigenvalue weighted by atomic mass is 16.4. The van der Waals surface area contributed by atoms with Crippen LogP contribution in [-0.2, 0) is 6.42 Å². The Morgan fingerprint density at radius 1 is 1.33 bits per heavy atom. The topological polar surface area (TPSA) is 91.8 Å². The third-order valence-electron chi connectivity index (χ3n) is 1.95. The van der Waals surface area contributed by atoms with E-state index in [2.05, 4.69) is 20.6 Å². The van der Waals surface area contributed by atoms with E-state index in [0.717, 1.165) is 5.56 Å². The third kappa shape index (κ3) is 2.16. The number of benzene rings is 1. The molecule has 6 nitrogen and oxygen atoms in total. The van der Waals surface area contributed by atoms with Gasteiger partial charge in [0, 0.05) is 6.42 Å². The number of carboxylic acids is 1. The van der Waals surface area contributed by atoms with Gasteiger partial charge in [0.25, 0.3) is 0 Å². The van der Waals surface area contributed by atoms with E-state index >= 15 is 0 Å². The normalized spacial score (nSPS) is 10.1. The van der Waals surface area contributed by atoms with Crippen LogP contribution in [0.25, 0.3) is 0 Å². The van der Waals surface area contributed by atoms with Crippen LogP contribution in [0.3, 0.4) is 0 Å². The van der Waals surface area contributed by atoms with Gasteiger partial charge in [0.1, 0.15) is 0 Å². The Balaban J connectivity index is 2.14. The fourth-order valence-corrected chi connectivity index (χ4v) is 1.21. The Hall–Kier alpha value is -2.24. The summed E-state index contributed by atoms with van der Waals surface area (Å²) in [5.74, 6) is -0.348. The number of rotatable bonds is 3. The number of hydrogen-bond donors (Lipinski definition) is 2. The minimum absolute atomic E-state index is 0.270. The van der Waals surface area contributed by atoms with E-state index in [1.807, 2.05) is 0 Å². The molecule has 0 unspecified atom stereocenters. The molecule has 2 N–H and O–H groups in total. The number of nitrogens with one attached hydrogen (secondary N) is 1. The van der Waals surface area contributed by atoms with Crippen molar-refractivity contribution < 1.29 is 9.90 Å². The molecule has 0 saturated heterocycles. The van der Waals surface area contributed by atoms with Crippen LogP contribution in [0.2, 0.25) is 0 Å². The number of nitrogens with zero attached hydrogens (tertiary/aromatic N) is 3. The molecule has 0 radical (unpaired) electrons. The van der Waals surface area contributed by atoms with E-state index in [1.165, 1.54) is 0 Å². The maximum absolute atomic E-state index is 10.6. The molecule has 0 bridgehead atoms. The Morgan fingerprint density at radius 2 is 2.07 bits per heavy atom. The second-order valence-corrected chi connectivity index (χ2v) is 3.01. The number of hydrogen-bond acceptors (Lipinski definition) is 4. The second-order valence-electron chi connectivity index (χ2n) is 3.01. The molecule has 0 aliphatic heterocycles. The smallest absolute Gasteiger partial charge is 0.335 e. The quantitative estimate of drug-likeness (QED) is 0.759. The summed E-state index contributed by atoms with van der Waals surface area (Å²) in [7, 11) is 0. The van der Waals surface area contributed by atoms with Gasteiger partial charge in [-0.3, -0.25) is 0 Å². The molecule has 0 spiro atoms. The number of tetrazole rings is 1. The van der Waals surface area contributed by atoms with Crippen LogP contribution in [0.4, 0.5) is 0 Å². The number of carboxylic acid groups (broad SMARTS) is 1. The van der Waals surface area contributed by atoms with Crippen LogP contribution in [-0.4, -0.2) is 31.7 Å². The van der Waals surface area contributed by atoms with Gasteiger partial charge in [-0.1, -0.05) is 17.3 Å². The van der Waals surface area contributed by atoms with Crippen molar-refractivity contribution in [2.75, 3.05) is 0 Å². The number of aromatic carboxylic acids is 1. The van der Waals surface area contributed by atoms with Crippen LogP contribution >= 0.6 is 0 Å². The molecule has 0 aliphatic carbocycles. The number of carbonyl (C=O) groups is 1. The zero-order valence-electron chi connectivity index (χ0n) is 7.71. The van der Waals surface area contributed by atoms with Gasteiger partial charge in [-0.05, 0) is 17.7 Å². The Morgan fingerprint density at radius 3 is 2.60 bits per heavy atom. The van der Waals surface area contributed by atoms with Gasteiger partial charge in [0.05, 0.1) is 5.56 Å². The number of aromatic nitrogens is 4. The lowest BCUT2D eigenvalue weighted by atomic mass is 10.1. The molecule has 0 atom stereocenters. The van der Waals surface area contributed by atoms with Gasteiger partial charge >= 0.3 is 5.97 Å². The van der Waals surface area contributed by atoms with Gasteiger partial charge in [-0.25, -0.2) is 4.79 Å².